The van der Waals surface area contributed by atoms with Gasteiger partial charge < -0.3 is 5.32 Å². The van der Waals surface area contributed by atoms with E-state index in [1.165, 1.54) is 5.56 Å². The number of rotatable bonds is 7. The van der Waals surface area contributed by atoms with Crippen molar-refractivity contribution in [3.8, 4) is 11.1 Å². The SMILES string of the molecule is CCNNC(=O)NCCc1ccc(-c2ccccc2CC)cc1F.Cl. The van der Waals surface area contributed by atoms with Gasteiger partial charge in [-0.05, 0) is 41.2 Å². The van der Waals surface area contributed by atoms with Crippen molar-refractivity contribution in [3.63, 3.8) is 0 Å². The van der Waals surface area contributed by atoms with Crippen molar-refractivity contribution in [2.45, 2.75) is 26.7 Å². The molecule has 0 radical (unpaired) electrons. The molecule has 2 aromatic carbocycles. The summed E-state index contributed by atoms with van der Waals surface area (Å²) in [6.45, 7) is 4.99. The number of amides is 2. The summed E-state index contributed by atoms with van der Waals surface area (Å²) >= 11 is 0. The minimum Gasteiger partial charge on any atom is -0.337 e. The maximum absolute atomic E-state index is 14.4. The van der Waals surface area contributed by atoms with Gasteiger partial charge in [0, 0.05) is 13.1 Å². The number of hydrogen-bond donors (Lipinski definition) is 3. The highest BCUT2D eigenvalue weighted by atomic mass is 35.5. The van der Waals surface area contributed by atoms with Crippen molar-refractivity contribution in [1.82, 2.24) is 16.2 Å². The highest BCUT2D eigenvalue weighted by Gasteiger charge is 2.08. The first-order chi connectivity index (χ1) is 11.7. The summed E-state index contributed by atoms with van der Waals surface area (Å²) in [5.41, 5.74) is 8.93. The number of nitrogens with one attached hydrogen (secondary N) is 3. The van der Waals surface area contributed by atoms with E-state index < -0.39 is 0 Å². The number of carbonyl (C=O) groups excluding carboxylic acids is 1. The molecule has 2 rings (SSSR count). The molecule has 2 amide bonds. The van der Waals surface area contributed by atoms with E-state index in [0.29, 0.717) is 25.1 Å². The van der Waals surface area contributed by atoms with Gasteiger partial charge in [-0.2, -0.15) is 0 Å². The topological polar surface area (TPSA) is 53.2 Å². The predicted molar refractivity (Wildman–Crippen MR) is 102 cm³/mol. The normalized spacial score (nSPS) is 10.0. The van der Waals surface area contributed by atoms with E-state index in [1.807, 2.05) is 31.2 Å². The lowest BCUT2D eigenvalue weighted by Crippen LogP contribution is -2.44. The Balaban J connectivity index is 0.00000312. The van der Waals surface area contributed by atoms with Crippen LogP contribution in [0.25, 0.3) is 11.1 Å². The van der Waals surface area contributed by atoms with Crippen LogP contribution in [0, 0.1) is 5.82 Å². The molecular weight excluding hydrogens is 341 g/mol. The van der Waals surface area contributed by atoms with Crippen LogP contribution in [-0.2, 0) is 12.8 Å². The van der Waals surface area contributed by atoms with Crippen LogP contribution < -0.4 is 16.2 Å². The number of benzene rings is 2. The second kappa shape index (κ2) is 10.7. The molecule has 0 aliphatic rings. The smallest absolute Gasteiger partial charge is 0.329 e. The number of hydrogen-bond acceptors (Lipinski definition) is 2. The Labute approximate surface area is 154 Å². The maximum Gasteiger partial charge on any atom is 0.329 e. The Kier molecular flexibility index (Phi) is 8.95. The molecule has 0 aliphatic carbocycles. The molecule has 0 heterocycles. The van der Waals surface area contributed by atoms with Gasteiger partial charge >= 0.3 is 6.03 Å². The highest BCUT2D eigenvalue weighted by molar-refractivity contribution is 5.85. The van der Waals surface area contributed by atoms with Crippen LogP contribution in [0.1, 0.15) is 25.0 Å². The Morgan fingerprint density at radius 1 is 1.08 bits per heavy atom. The average molecular weight is 366 g/mol. The van der Waals surface area contributed by atoms with E-state index >= 15 is 0 Å². The minimum absolute atomic E-state index is 0. The molecule has 2 aromatic rings. The first kappa shape index (κ1) is 20.9. The van der Waals surface area contributed by atoms with Gasteiger partial charge in [0.05, 0.1) is 0 Å². The molecule has 0 bridgehead atoms. The van der Waals surface area contributed by atoms with Crippen molar-refractivity contribution >= 4 is 18.4 Å². The molecular formula is C19H25ClFN3O. The Bertz CT molecular complexity index is 694. The van der Waals surface area contributed by atoms with Gasteiger partial charge in [0.25, 0.3) is 0 Å². The summed E-state index contributed by atoms with van der Waals surface area (Å²) in [7, 11) is 0. The third kappa shape index (κ3) is 6.03. The fourth-order valence-corrected chi connectivity index (χ4v) is 2.55. The molecule has 6 heteroatoms. The molecule has 0 fully saturated rings. The lowest BCUT2D eigenvalue weighted by Gasteiger charge is -2.11. The highest BCUT2D eigenvalue weighted by Crippen LogP contribution is 2.26. The Morgan fingerprint density at radius 2 is 1.84 bits per heavy atom. The average Bonchev–Trinajstić information content (AvgIpc) is 2.61. The molecule has 3 N–H and O–H groups in total. The molecule has 0 unspecified atom stereocenters. The van der Waals surface area contributed by atoms with Crippen LogP contribution in [0.4, 0.5) is 9.18 Å². The van der Waals surface area contributed by atoms with Gasteiger partial charge in [0.1, 0.15) is 5.82 Å². The summed E-state index contributed by atoms with van der Waals surface area (Å²) in [5.74, 6) is -0.243. The van der Waals surface area contributed by atoms with Crippen LogP contribution in [0.3, 0.4) is 0 Å². The maximum atomic E-state index is 14.4. The van der Waals surface area contributed by atoms with E-state index in [2.05, 4.69) is 29.2 Å². The van der Waals surface area contributed by atoms with E-state index in [0.717, 1.165) is 17.5 Å². The van der Waals surface area contributed by atoms with E-state index in [-0.39, 0.29) is 24.3 Å². The first-order valence-electron chi connectivity index (χ1n) is 8.29. The number of halogens is 2. The van der Waals surface area contributed by atoms with Gasteiger partial charge in [0.2, 0.25) is 0 Å². The molecule has 136 valence electrons. The van der Waals surface area contributed by atoms with Crippen molar-refractivity contribution in [2.24, 2.45) is 0 Å². The fraction of sp³-hybridized carbons (Fsp3) is 0.316. The van der Waals surface area contributed by atoms with Gasteiger partial charge in [-0.1, -0.05) is 50.2 Å². The van der Waals surface area contributed by atoms with E-state index in [1.54, 1.807) is 12.1 Å². The quantitative estimate of drug-likeness (QED) is 0.653. The van der Waals surface area contributed by atoms with Crippen molar-refractivity contribution in [2.75, 3.05) is 13.1 Å². The second-order valence-electron chi connectivity index (χ2n) is 5.48. The van der Waals surface area contributed by atoms with Gasteiger partial charge in [-0.3, -0.25) is 5.43 Å². The van der Waals surface area contributed by atoms with E-state index in [9.17, 15) is 9.18 Å². The largest absolute Gasteiger partial charge is 0.337 e. The summed E-state index contributed by atoms with van der Waals surface area (Å²) in [4.78, 5) is 11.4. The third-order valence-electron chi connectivity index (χ3n) is 3.82. The lowest BCUT2D eigenvalue weighted by atomic mass is 9.96. The molecule has 25 heavy (non-hydrogen) atoms. The molecule has 0 atom stereocenters. The van der Waals surface area contributed by atoms with E-state index in [4.69, 9.17) is 0 Å². The van der Waals surface area contributed by atoms with Crippen LogP contribution >= 0.6 is 12.4 Å². The summed E-state index contributed by atoms with van der Waals surface area (Å²) in [5, 5.41) is 2.68. The molecule has 0 spiro atoms. The zero-order valence-electron chi connectivity index (χ0n) is 14.6. The molecule has 4 nitrogen and oxygen atoms in total. The minimum atomic E-state index is -0.314. The summed E-state index contributed by atoms with van der Waals surface area (Å²) < 4.78 is 14.4. The number of hydrazine groups is 1. The molecule has 0 saturated heterocycles. The first-order valence-corrected chi connectivity index (χ1v) is 8.29. The predicted octanol–water partition coefficient (Wildman–Crippen LogP) is 3.84. The summed E-state index contributed by atoms with van der Waals surface area (Å²) in [6, 6.07) is 13.0. The van der Waals surface area contributed by atoms with Crippen LogP contribution in [0.2, 0.25) is 0 Å². The van der Waals surface area contributed by atoms with Crippen LogP contribution in [-0.4, -0.2) is 19.1 Å². The van der Waals surface area contributed by atoms with Gasteiger partial charge in [0.15, 0.2) is 0 Å². The van der Waals surface area contributed by atoms with Crippen LogP contribution in [0.5, 0.6) is 0 Å². The number of aryl methyl sites for hydroxylation is 1. The summed E-state index contributed by atoms with van der Waals surface area (Å²) in [6.07, 6.45) is 1.35. The molecule has 0 aromatic heterocycles. The number of carbonyl (C=O) groups is 1. The fourth-order valence-electron chi connectivity index (χ4n) is 2.55. The Morgan fingerprint density at radius 3 is 2.52 bits per heavy atom. The second-order valence-corrected chi connectivity index (χ2v) is 5.48. The zero-order chi connectivity index (χ0) is 17.4. The van der Waals surface area contributed by atoms with Gasteiger partial charge in [-0.25, -0.2) is 14.6 Å². The zero-order valence-corrected chi connectivity index (χ0v) is 15.4. The molecule has 0 aliphatic heterocycles. The van der Waals surface area contributed by atoms with Crippen molar-refractivity contribution in [1.29, 1.82) is 0 Å². The van der Waals surface area contributed by atoms with Gasteiger partial charge in [-0.15, -0.1) is 12.4 Å². The number of urea groups is 1. The van der Waals surface area contributed by atoms with Crippen LogP contribution in [0.15, 0.2) is 42.5 Å². The Hall–Kier alpha value is -2.11. The molecule has 0 saturated carbocycles. The monoisotopic (exact) mass is 365 g/mol. The lowest BCUT2D eigenvalue weighted by molar-refractivity contribution is 0.237. The van der Waals surface area contributed by atoms with Crippen molar-refractivity contribution in [3.05, 3.63) is 59.4 Å². The van der Waals surface area contributed by atoms with Crippen molar-refractivity contribution < 1.29 is 9.18 Å². The standard InChI is InChI=1S/C19H24FN3O.ClH/c1-3-14-7-5-6-8-17(14)16-10-9-15(18(20)13-16)11-12-21-19(24)23-22-4-2;/h5-10,13,22H,3-4,11-12H2,1-2H3,(H2,21,23,24);1H. The third-order valence-corrected chi connectivity index (χ3v) is 3.82.